The lowest BCUT2D eigenvalue weighted by Crippen LogP contribution is -2.38. The molecule has 2 aliphatic rings. The summed E-state index contributed by atoms with van der Waals surface area (Å²) < 4.78 is 11.1. The van der Waals surface area contributed by atoms with E-state index in [0.717, 1.165) is 0 Å². The number of amides is 2. The third kappa shape index (κ3) is 8.19. The minimum absolute atomic E-state index is 0.0397. The van der Waals surface area contributed by atoms with Gasteiger partial charge in [0, 0.05) is 38.7 Å². The molecular formula is C25H37NO7. The minimum atomic E-state index is -0.779. The Balaban J connectivity index is 2.06. The van der Waals surface area contributed by atoms with E-state index in [0.29, 0.717) is 37.7 Å². The van der Waals surface area contributed by atoms with E-state index in [1.165, 1.54) is 7.11 Å². The fraction of sp³-hybridized carbons (Fsp3) is 0.680. The van der Waals surface area contributed by atoms with Crippen LogP contribution < -0.4 is 5.32 Å². The lowest BCUT2D eigenvalue weighted by Gasteiger charge is -2.28. The van der Waals surface area contributed by atoms with Crippen molar-refractivity contribution in [2.45, 2.75) is 84.0 Å². The van der Waals surface area contributed by atoms with Crippen molar-refractivity contribution in [3.8, 4) is 0 Å². The van der Waals surface area contributed by atoms with E-state index in [4.69, 9.17) is 9.47 Å². The normalized spacial score (nSPS) is 31.3. The van der Waals surface area contributed by atoms with E-state index in [1.807, 2.05) is 13.0 Å². The number of ether oxygens (including phenoxy) is 2. The smallest absolute Gasteiger partial charge is 0.306 e. The lowest BCUT2D eigenvalue weighted by atomic mass is 9.86. The number of methoxy groups -OCH3 is 1. The van der Waals surface area contributed by atoms with Crippen LogP contribution in [0.1, 0.15) is 65.7 Å². The highest BCUT2D eigenvalue weighted by atomic mass is 16.5. The van der Waals surface area contributed by atoms with E-state index < -0.39 is 24.2 Å². The maximum atomic E-state index is 12.9. The number of piperidine rings is 1. The summed E-state index contributed by atoms with van der Waals surface area (Å²) in [5.41, 5.74) is 0.713. The number of imide groups is 1. The highest BCUT2D eigenvalue weighted by molar-refractivity contribution is 5.97. The number of carbonyl (C=O) groups excluding carboxylic acids is 4. The second-order valence-corrected chi connectivity index (χ2v) is 9.23. The third-order valence-electron chi connectivity index (χ3n) is 6.45. The summed E-state index contributed by atoms with van der Waals surface area (Å²) in [6.45, 7) is 5.41. The molecule has 184 valence electrons. The highest BCUT2D eigenvalue weighted by Crippen LogP contribution is 2.26. The summed E-state index contributed by atoms with van der Waals surface area (Å²) in [7, 11) is 1.53. The number of hydrogen-bond donors (Lipinski definition) is 2. The molecule has 1 fully saturated rings. The van der Waals surface area contributed by atoms with Crippen LogP contribution in [0.2, 0.25) is 0 Å². The average Bonchev–Trinajstić information content (AvgIpc) is 2.75. The molecule has 33 heavy (non-hydrogen) atoms. The first kappa shape index (κ1) is 26.9. The molecular weight excluding hydrogens is 426 g/mol. The number of esters is 1. The number of Topliss-reactive ketones (excluding diaryl/α,β-unsaturated/α-hetero) is 1. The molecule has 0 spiro atoms. The lowest BCUT2D eigenvalue weighted by molar-refractivity contribution is -0.151. The van der Waals surface area contributed by atoms with Crippen LogP contribution >= 0.6 is 0 Å². The van der Waals surface area contributed by atoms with Crippen LogP contribution in [-0.4, -0.2) is 54.1 Å². The van der Waals surface area contributed by atoms with E-state index in [1.54, 1.807) is 26.0 Å². The standard InChI is InChI=1S/C25H37NO7/c1-15-12-16(2)25(33-23(30)11-6-5-10-20(32-4)24(15)31)17(3)19(27)9-7-8-18-13-21(28)26-22(29)14-18/h5,10,12,15,17-18,20,24-25,31H,6-9,11,13-14H2,1-4H3,(H,26,28,29)/b10-5+,16-12-/t15-,17-,20-,24+,25+/m0/s1. The molecule has 0 aromatic rings. The molecule has 5 atom stereocenters. The SMILES string of the molecule is CO[C@H]1/C=C/CCC(=O)O[C@@H]([C@@H](C)C(=O)CCCC2CC(=O)NC(=O)C2)/C(C)=C\[C@H](C)[C@H]1O. The van der Waals surface area contributed by atoms with E-state index in [2.05, 4.69) is 5.32 Å². The van der Waals surface area contributed by atoms with Gasteiger partial charge in [-0.05, 0) is 37.7 Å². The molecule has 2 aliphatic heterocycles. The Kier molecular flexibility index (Phi) is 10.4. The summed E-state index contributed by atoms with van der Waals surface area (Å²) >= 11 is 0. The van der Waals surface area contributed by atoms with Crippen molar-refractivity contribution >= 4 is 23.6 Å². The molecule has 2 heterocycles. The van der Waals surface area contributed by atoms with Crippen LogP contribution in [0.25, 0.3) is 0 Å². The van der Waals surface area contributed by atoms with Gasteiger partial charge in [-0.2, -0.15) is 0 Å². The Bertz CT molecular complexity index is 772. The molecule has 2 N–H and O–H groups in total. The molecule has 8 heteroatoms. The molecule has 1 saturated heterocycles. The number of allylic oxidation sites excluding steroid dienone is 1. The zero-order valence-corrected chi connectivity index (χ0v) is 20.0. The molecule has 2 amide bonds. The topological polar surface area (TPSA) is 119 Å². The summed E-state index contributed by atoms with van der Waals surface area (Å²) in [4.78, 5) is 48.4. The number of aliphatic hydroxyl groups is 1. The fourth-order valence-corrected chi connectivity index (χ4v) is 4.48. The number of aliphatic hydroxyl groups excluding tert-OH is 1. The molecule has 0 saturated carbocycles. The van der Waals surface area contributed by atoms with Crippen molar-refractivity contribution in [3.63, 3.8) is 0 Å². The zero-order valence-electron chi connectivity index (χ0n) is 20.0. The summed E-state index contributed by atoms with van der Waals surface area (Å²) in [6.07, 6.45) is 6.07. The van der Waals surface area contributed by atoms with Gasteiger partial charge in [0.2, 0.25) is 11.8 Å². The van der Waals surface area contributed by atoms with Crippen molar-refractivity contribution < 1.29 is 33.8 Å². The van der Waals surface area contributed by atoms with Crippen LogP contribution in [0.3, 0.4) is 0 Å². The zero-order chi connectivity index (χ0) is 24.5. The Morgan fingerprint density at radius 2 is 1.94 bits per heavy atom. The number of rotatable bonds is 7. The number of nitrogens with one attached hydrogen (secondary N) is 1. The molecule has 2 rings (SSSR count). The van der Waals surface area contributed by atoms with Crippen molar-refractivity contribution in [2.24, 2.45) is 17.8 Å². The summed E-state index contributed by atoms with van der Waals surface area (Å²) in [6, 6.07) is 0. The van der Waals surface area contributed by atoms with Gasteiger partial charge in [0.25, 0.3) is 0 Å². The summed E-state index contributed by atoms with van der Waals surface area (Å²) in [5, 5.41) is 12.9. The van der Waals surface area contributed by atoms with Gasteiger partial charge in [-0.15, -0.1) is 0 Å². The van der Waals surface area contributed by atoms with Gasteiger partial charge < -0.3 is 14.6 Å². The Hall–Kier alpha value is -2.32. The number of ketones is 1. The van der Waals surface area contributed by atoms with Gasteiger partial charge in [-0.3, -0.25) is 24.5 Å². The first-order chi connectivity index (χ1) is 15.6. The quantitative estimate of drug-likeness (QED) is 0.338. The van der Waals surface area contributed by atoms with Crippen molar-refractivity contribution in [3.05, 3.63) is 23.8 Å². The number of carbonyl (C=O) groups is 4. The van der Waals surface area contributed by atoms with E-state index in [-0.39, 0.29) is 48.2 Å². The van der Waals surface area contributed by atoms with Crippen LogP contribution in [0.4, 0.5) is 0 Å². The van der Waals surface area contributed by atoms with Crippen molar-refractivity contribution in [2.75, 3.05) is 7.11 Å². The maximum Gasteiger partial charge on any atom is 0.306 e. The van der Waals surface area contributed by atoms with Gasteiger partial charge in [0.1, 0.15) is 18.0 Å². The molecule has 0 bridgehead atoms. The van der Waals surface area contributed by atoms with Crippen molar-refractivity contribution in [1.82, 2.24) is 5.32 Å². The predicted molar refractivity (Wildman–Crippen MR) is 122 cm³/mol. The van der Waals surface area contributed by atoms with Gasteiger partial charge >= 0.3 is 5.97 Å². The Labute approximate surface area is 195 Å². The molecule has 0 radical (unpaired) electrons. The molecule has 0 aromatic carbocycles. The first-order valence-corrected chi connectivity index (χ1v) is 11.7. The van der Waals surface area contributed by atoms with Crippen molar-refractivity contribution in [1.29, 1.82) is 0 Å². The molecule has 8 nitrogen and oxygen atoms in total. The van der Waals surface area contributed by atoms with Crippen LogP contribution in [-0.2, 0) is 28.7 Å². The van der Waals surface area contributed by atoms with Crippen LogP contribution in [0.15, 0.2) is 23.8 Å². The number of hydrogen-bond acceptors (Lipinski definition) is 7. The predicted octanol–water partition coefficient (Wildman–Crippen LogP) is 2.63. The summed E-state index contributed by atoms with van der Waals surface area (Å²) in [5.74, 6) is -1.83. The maximum absolute atomic E-state index is 12.9. The van der Waals surface area contributed by atoms with Gasteiger partial charge in [0.15, 0.2) is 0 Å². The highest BCUT2D eigenvalue weighted by Gasteiger charge is 2.31. The van der Waals surface area contributed by atoms with Crippen LogP contribution in [0, 0.1) is 17.8 Å². The van der Waals surface area contributed by atoms with E-state index >= 15 is 0 Å². The minimum Gasteiger partial charge on any atom is -0.457 e. The Morgan fingerprint density at radius 3 is 2.58 bits per heavy atom. The first-order valence-electron chi connectivity index (χ1n) is 11.7. The van der Waals surface area contributed by atoms with Gasteiger partial charge in [0.05, 0.1) is 12.0 Å². The largest absolute Gasteiger partial charge is 0.457 e. The molecule has 0 aromatic heterocycles. The second kappa shape index (κ2) is 12.8. The molecule has 0 aliphatic carbocycles. The second-order valence-electron chi connectivity index (χ2n) is 9.23. The van der Waals surface area contributed by atoms with E-state index in [9.17, 15) is 24.3 Å². The fourth-order valence-electron chi connectivity index (χ4n) is 4.48. The molecule has 0 unspecified atom stereocenters. The monoisotopic (exact) mass is 463 g/mol. The average molecular weight is 464 g/mol. The third-order valence-corrected chi connectivity index (χ3v) is 6.45. The Morgan fingerprint density at radius 1 is 1.27 bits per heavy atom. The van der Waals surface area contributed by atoms with Gasteiger partial charge in [-0.1, -0.05) is 32.1 Å². The van der Waals surface area contributed by atoms with Crippen LogP contribution in [0.5, 0.6) is 0 Å². The van der Waals surface area contributed by atoms with Gasteiger partial charge in [-0.25, -0.2) is 0 Å². The number of cyclic esters (lactones) is 1.